The maximum Gasteiger partial charge on any atom is 0.195 e. The fraction of sp³-hybridized carbons (Fsp3) is 0.333. The molecule has 30 heavy (non-hydrogen) atoms. The van der Waals surface area contributed by atoms with Crippen molar-refractivity contribution in [1.82, 2.24) is 10.3 Å². The third kappa shape index (κ3) is 2.88. The van der Waals surface area contributed by atoms with E-state index in [9.17, 15) is 10.1 Å². The number of hydrogen-bond donors (Lipinski definition) is 2. The number of aromatic nitrogens is 1. The molecule has 0 unspecified atom stereocenters. The first kappa shape index (κ1) is 19.3. The van der Waals surface area contributed by atoms with Crippen LogP contribution in [-0.4, -0.2) is 30.0 Å². The van der Waals surface area contributed by atoms with E-state index < -0.39 is 5.41 Å². The molecule has 2 aliphatic rings. The van der Waals surface area contributed by atoms with Crippen molar-refractivity contribution in [2.75, 3.05) is 13.1 Å². The van der Waals surface area contributed by atoms with E-state index in [-0.39, 0.29) is 11.9 Å². The number of hydrogen-bond acceptors (Lipinski definition) is 4. The Morgan fingerprint density at radius 1 is 1.20 bits per heavy atom. The standard InChI is InChI=1S/C24H22BrN3O2/c1-24(2)17-11-20(30-14-5-7-27-8-6-14)18(25)10-16(17)22(29)21-15-4-3-13(12-26)9-19(15)28-23(21)24/h3-4,9-11,14,27-28H,5-8H2,1-2H3. The average molecular weight is 464 g/mol. The molecule has 0 spiro atoms. The molecule has 0 atom stereocenters. The van der Waals surface area contributed by atoms with Crippen LogP contribution in [0.1, 0.15) is 59.4 Å². The Bertz CT molecular complexity index is 1230. The highest BCUT2D eigenvalue weighted by Gasteiger charge is 2.40. The molecule has 2 heterocycles. The number of nitriles is 1. The predicted molar refractivity (Wildman–Crippen MR) is 119 cm³/mol. The molecule has 1 aliphatic carbocycles. The Labute approximate surface area is 183 Å². The van der Waals surface area contributed by atoms with E-state index in [0.29, 0.717) is 16.7 Å². The highest BCUT2D eigenvalue weighted by Crippen LogP contribution is 2.46. The number of rotatable bonds is 2. The van der Waals surface area contributed by atoms with Crippen LogP contribution in [0.4, 0.5) is 0 Å². The zero-order chi connectivity index (χ0) is 21.0. The van der Waals surface area contributed by atoms with Gasteiger partial charge in [-0.3, -0.25) is 4.79 Å². The number of carbonyl (C=O) groups excluding carboxylic acids is 1. The lowest BCUT2D eigenvalue weighted by molar-refractivity contribution is 0.103. The summed E-state index contributed by atoms with van der Waals surface area (Å²) in [7, 11) is 0. The molecule has 5 nitrogen and oxygen atoms in total. The van der Waals surface area contributed by atoms with E-state index in [2.05, 4.69) is 46.1 Å². The van der Waals surface area contributed by atoms with E-state index in [4.69, 9.17) is 4.74 Å². The second-order valence-electron chi connectivity index (χ2n) is 8.60. The van der Waals surface area contributed by atoms with Gasteiger partial charge in [0.1, 0.15) is 11.9 Å². The first-order chi connectivity index (χ1) is 14.4. The number of halogens is 1. The number of aromatic amines is 1. The fourth-order valence-electron chi connectivity index (χ4n) is 4.68. The molecule has 0 amide bonds. The number of ether oxygens (including phenoxy) is 1. The molecule has 3 aromatic rings. The summed E-state index contributed by atoms with van der Waals surface area (Å²) in [5.41, 5.74) is 4.23. The topological polar surface area (TPSA) is 77.9 Å². The second kappa shape index (κ2) is 6.97. The van der Waals surface area contributed by atoms with Crippen LogP contribution in [0.3, 0.4) is 0 Å². The van der Waals surface area contributed by atoms with Crippen LogP contribution in [0.25, 0.3) is 10.9 Å². The van der Waals surface area contributed by atoms with Gasteiger partial charge in [-0.05, 0) is 71.7 Å². The van der Waals surface area contributed by atoms with E-state index >= 15 is 0 Å². The maximum atomic E-state index is 13.5. The van der Waals surface area contributed by atoms with Crippen molar-refractivity contribution in [2.45, 2.75) is 38.2 Å². The maximum absolute atomic E-state index is 13.5. The summed E-state index contributed by atoms with van der Waals surface area (Å²) in [4.78, 5) is 17.0. The Morgan fingerprint density at radius 2 is 1.97 bits per heavy atom. The van der Waals surface area contributed by atoms with Gasteiger partial charge >= 0.3 is 0 Å². The molecular formula is C24H22BrN3O2. The minimum absolute atomic E-state index is 0.00407. The van der Waals surface area contributed by atoms with Gasteiger partial charge in [-0.25, -0.2) is 0 Å². The molecule has 1 saturated heterocycles. The Hall–Kier alpha value is -2.62. The monoisotopic (exact) mass is 463 g/mol. The quantitative estimate of drug-likeness (QED) is 0.571. The molecule has 0 bridgehead atoms. The van der Waals surface area contributed by atoms with E-state index in [1.807, 2.05) is 24.3 Å². The number of nitrogens with zero attached hydrogens (tertiary/aromatic N) is 1. The molecular weight excluding hydrogens is 442 g/mol. The first-order valence-corrected chi connectivity index (χ1v) is 11.0. The summed E-state index contributed by atoms with van der Waals surface area (Å²) in [6, 6.07) is 11.5. The summed E-state index contributed by atoms with van der Waals surface area (Å²) in [5, 5.41) is 13.5. The molecule has 1 aliphatic heterocycles. The minimum Gasteiger partial charge on any atom is -0.489 e. The summed E-state index contributed by atoms with van der Waals surface area (Å²) in [6.45, 7) is 6.17. The van der Waals surface area contributed by atoms with Gasteiger partial charge in [-0.2, -0.15) is 5.26 Å². The van der Waals surface area contributed by atoms with Crippen LogP contribution in [-0.2, 0) is 5.41 Å². The van der Waals surface area contributed by atoms with E-state index in [1.165, 1.54) is 0 Å². The van der Waals surface area contributed by atoms with Crippen molar-refractivity contribution in [3.05, 3.63) is 62.8 Å². The minimum atomic E-state index is -0.405. The smallest absolute Gasteiger partial charge is 0.195 e. The third-order valence-electron chi connectivity index (χ3n) is 6.35. The van der Waals surface area contributed by atoms with Gasteiger partial charge in [0.25, 0.3) is 0 Å². The fourth-order valence-corrected chi connectivity index (χ4v) is 5.12. The summed E-state index contributed by atoms with van der Waals surface area (Å²) < 4.78 is 7.12. The summed E-state index contributed by atoms with van der Waals surface area (Å²) in [6.07, 6.45) is 2.12. The van der Waals surface area contributed by atoms with Crippen molar-refractivity contribution in [3.63, 3.8) is 0 Å². The van der Waals surface area contributed by atoms with Gasteiger partial charge < -0.3 is 15.0 Å². The molecule has 0 saturated carbocycles. The van der Waals surface area contributed by atoms with Crippen LogP contribution in [0.2, 0.25) is 0 Å². The Morgan fingerprint density at radius 3 is 2.70 bits per heavy atom. The first-order valence-electron chi connectivity index (χ1n) is 10.2. The Kier molecular flexibility index (Phi) is 4.49. The average Bonchev–Trinajstić information content (AvgIpc) is 3.14. The molecule has 2 N–H and O–H groups in total. The Balaban J connectivity index is 1.64. The second-order valence-corrected chi connectivity index (χ2v) is 9.45. The molecule has 1 aromatic heterocycles. The number of piperidine rings is 1. The van der Waals surface area contributed by atoms with Crippen molar-refractivity contribution >= 4 is 32.6 Å². The van der Waals surface area contributed by atoms with Gasteiger partial charge in [0.2, 0.25) is 0 Å². The van der Waals surface area contributed by atoms with Gasteiger partial charge in [0.15, 0.2) is 5.78 Å². The van der Waals surface area contributed by atoms with Crippen molar-refractivity contribution < 1.29 is 9.53 Å². The molecule has 5 rings (SSSR count). The number of H-pyrrole nitrogens is 1. The predicted octanol–water partition coefficient (Wildman–Crippen LogP) is 4.80. The highest BCUT2D eigenvalue weighted by molar-refractivity contribution is 9.10. The lowest BCUT2D eigenvalue weighted by Gasteiger charge is -2.33. The van der Waals surface area contributed by atoms with Gasteiger partial charge in [-0.15, -0.1) is 0 Å². The van der Waals surface area contributed by atoms with E-state index in [0.717, 1.165) is 58.3 Å². The molecule has 1 fully saturated rings. The number of carbonyl (C=O) groups is 1. The number of benzene rings is 2. The molecule has 0 radical (unpaired) electrons. The van der Waals surface area contributed by atoms with Crippen molar-refractivity contribution in [1.29, 1.82) is 5.26 Å². The van der Waals surface area contributed by atoms with E-state index in [1.54, 1.807) is 6.07 Å². The lowest BCUT2D eigenvalue weighted by Crippen LogP contribution is -2.34. The summed E-state index contributed by atoms with van der Waals surface area (Å²) in [5.74, 6) is 0.789. The van der Waals surface area contributed by atoms with Gasteiger partial charge in [-0.1, -0.05) is 19.9 Å². The number of ketones is 1. The highest BCUT2D eigenvalue weighted by atomic mass is 79.9. The molecule has 152 valence electrons. The normalized spacial score (nSPS) is 18.0. The SMILES string of the molecule is CC1(C)c2cc(OC3CCNCC3)c(Br)cc2C(=O)c2c1[nH]c1cc(C#N)ccc21. The zero-order valence-electron chi connectivity index (χ0n) is 16.9. The van der Waals surface area contributed by atoms with Crippen LogP contribution < -0.4 is 10.1 Å². The zero-order valence-corrected chi connectivity index (χ0v) is 18.5. The largest absolute Gasteiger partial charge is 0.489 e. The van der Waals surface area contributed by atoms with Crippen LogP contribution in [0.5, 0.6) is 5.75 Å². The third-order valence-corrected chi connectivity index (χ3v) is 6.97. The van der Waals surface area contributed by atoms with Crippen LogP contribution in [0, 0.1) is 11.3 Å². The molecule has 2 aromatic carbocycles. The van der Waals surface area contributed by atoms with Crippen LogP contribution >= 0.6 is 15.9 Å². The number of nitrogens with one attached hydrogen (secondary N) is 2. The van der Waals surface area contributed by atoms with Crippen molar-refractivity contribution in [2.24, 2.45) is 0 Å². The van der Waals surface area contributed by atoms with Gasteiger partial charge in [0, 0.05) is 27.6 Å². The lowest BCUT2D eigenvalue weighted by atomic mass is 9.71. The van der Waals surface area contributed by atoms with Crippen LogP contribution in [0.15, 0.2) is 34.8 Å². The van der Waals surface area contributed by atoms with Crippen molar-refractivity contribution in [3.8, 4) is 11.8 Å². The summed E-state index contributed by atoms with van der Waals surface area (Å²) >= 11 is 3.63. The van der Waals surface area contributed by atoms with Gasteiger partial charge in [0.05, 0.1) is 21.7 Å². The molecule has 6 heteroatoms. The number of fused-ring (bicyclic) bond motifs is 4.